The van der Waals surface area contributed by atoms with Gasteiger partial charge in [-0.15, -0.1) is 0 Å². The molecule has 4 N–H and O–H groups in total. The first kappa shape index (κ1) is 17.5. The van der Waals surface area contributed by atoms with E-state index in [0.29, 0.717) is 34.4 Å². The molecule has 0 fully saturated rings. The van der Waals surface area contributed by atoms with Crippen molar-refractivity contribution >= 4 is 5.82 Å². The van der Waals surface area contributed by atoms with Crippen LogP contribution < -0.4 is 15.2 Å². The van der Waals surface area contributed by atoms with Crippen molar-refractivity contribution < 1.29 is 14.6 Å². The number of aromatic hydroxyl groups is 1. The normalized spacial score (nSPS) is 10.8. The van der Waals surface area contributed by atoms with Gasteiger partial charge in [-0.1, -0.05) is 30.3 Å². The Bertz CT molecular complexity index is 1090. The second kappa shape index (κ2) is 7.03. The van der Waals surface area contributed by atoms with Crippen LogP contribution in [-0.2, 0) is 0 Å². The summed E-state index contributed by atoms with van der Waals surface area (Å²) < 4.78 is 12.3. The number of methoxy groups -OCH3 is 2. The average Bonchev–Trinajstić information content (AvgIpc) is 3.32. The molecule has 142 valence electrons. The van der Waals surface area contributed by atoms with E-state index in [1.165, 1.54) is 0 Å². The number of nitrogens with two attached hydrogens (primary N) is 1. The van der Waals surface area contributed by atoms with E-state index in [4.69, 9.17) is 15.2 Å². The smallest absolute Gasteiger partial charge is 0.146 e. The van der Waals surface area contributed by atoms with E-state index >= 15 is 0 Å². The lowest BCUT2D eigenvalue weighted by Crippen LogP contribution is -2.01. The third-order valence-electron chi connectivity index (χ3n) is 4.53. The lowest BCUT2D eigenvalue weighted by atomic mass is 10.2. The summed E-state index contributed by atoms with van der Waals surface area (Å²) in [5.41, 5.74) is 9.33. The summed E-state index contributed by atoms with van der Waals surface area (Å²) in [4.78, 5) is 7.62. The Morgan fingerprint density at radius 1 is 1.04 bits per heavy atom. The Morgan fingerprint density at radius 2 is 1.71 bits per heavy atom. The van der Waals surface area contributed by atoms with Crippen molar-refractivity contribution in [1.29, 1.82) is 0 Å². The number of aromatic nitrogens is 3. The van der Waals surface area contributed by atoms with Crippen molar-refractivity contribution in [2.75, 3.05) is 20.0 Å². The first-order valence-corrected chi connectivity index (χ1v) is 8.64. The fourth-order valence-corrected chi connectivity index (χ4v) is 3.11. The van der Waals surface area contributed by atoms with Crippen LogP contribution in [0.2, 0.25) is 0 Å². The summed E-state index contributed by atoms with van der Waals surface area (Å²) in [5.74, 6) is 2.10. The Labute approximate surface area is 162 Å². The number of nitrogens with zero attached hydrogens (tertiary/aromatic N) is 2. The molecule has 0 aliphatic heterocycles. The zero-order chi connectivity index (χ0) is 19.7. The van der Waals surface area contributed by atoms with Crippen LogP contribution in [0.3, 0.4) is 0 Å². The summed E-state index contributed by atoms with van der Waals surface area (Å²) in [6.07, 6.45) is 3.26. The molecule has 7 heteroatoms. The number of benzene rings is 2. The standard InChI is InChI=1S/C21H20N4O3/c1-27-15-8-14(9-16(10-15)28-2)25-12-18(26)19(20(25)22)21-23-11-17(24-21)13-6-4-3-5-7-13/h3-12,26H,22H2,1-2H3,(H,23,24). The molecule has 0 spiro atoms. The number of hydrogen-bond acceptors (Lipinski definition) is 5. The summed E-state index contributed by atoms with van der Waals surface area (Å²) in [5, 5.41) is 10.5. The van der Waals surface area contributed by atoms with E-state index in [2.05, 4.69) is 9.97 Å². The van der Waals surface area contributed by atoms with Gasteiger partial charge in [0.2, 0.25) is 0 Å². The van der Waals surface area contributed by atoms with Crippen LogP contribution in [0.15, 0.2) is 60.9 Å². The molecular formula is C21H20N4O3. The molecule has 0 amide bonds. The second-order valence-electron chi connectivity index (χ2n) is 6.23. The van der Waals surface area contributed by atoms with Gasteiger partial charge in [0.05, 0.1) is 38.0 Å². The van der Waals surface area contributed by atoms with E-state index in [9.17, 15) is 5.11 Å². The molecule has 0 saturated carbocycles. The highest BCUT2D eigenvalue weighted by Gasteiger charge is 2.19. The second-order valence-corrected chi connectivity index (χ2v) is 6.23. The molecule has 2 heterocycles. The summed E-state index contributed by atoms with van der Waals surface area (Å²) >= 11 is 0. The molecule has 0 atom stereocenters. The van der Waals surface area contributed by atoms with Gasteiger partial charge in [0.1, 0.15) is 34.5 Å². The van der Waals surface area contributed by atoms with E-state index in [0.717, 1.165) is 11.3 Å². The van der Waals surface area contributed by atoms with Crippen LogP contribution >= 0.6 is 0 Å². The molecular weight excluding hydrogens is 356 g/mol. The fraction of sp³-hybridized carbons (Fsp3) is 0.0952. The highest BCUT2D eigenvalue weighted by molar-refractivity contribution is 5.79. The number of nitrogen functional groups attached to an aromatic ring is 1. The zero-order valence-corrected chi connectivity index (χ0v) is 15.5. The monoisotopic (exact) mass is 376 g/mol. The first-order valence-electron chi connectivity index (χ1n) is 8.64. The van der Waals surface area contributed by atoms with Gasteiger partial charge in [-0.05, 0) is 5.56 Å². The fourth-order valence-electron chi connectivity index (χ4n) is 3.11. The highest BCUT2D eigenvalue weighted by Crippen LogP contribution is 2.38. The van der Waals surface area contributed by atoms with Gasteiger partial charge in [0.15, 0.2) is 0 Å². The Morgan fingerprint density at radius 3 is 2.36 bits per heavy atom. The lowest BCUT2D eigenvalue weighted by Gasteiger charge is -2.11. The van der Waals surface area contributed by atoms with Gasteiger partial charge in [-0.25, -0.2) is 4.98 Å². The lowest BCUT2D eigenvalue weighted by molar-refractivity contribution is 0.394. The number of anilines is 1. The number of aromatic amines is 1. The largest absolute Gasteiger partial charge is 0.505 e. The van der Waals surface area contributed by atoms with Crippen molar-refractivity contribution in [3.05, 3.63) is 60.9 Å². The molecule has 4 rings (SSSR count). The maximum absolute atomic E-state index is 10.5. The third-order valence-corrected chi connectivity index (χ3v) is 4.53. The number of ether oxygens (including phenoxy) is 2. The van der Waals surface area contributed by atoms with Crippen LogP contribution in [-0.4, -0.2) is 33.9 Å². The average molecular weight is 376 g/mol. The van der Waals surface area contributed by atoms with Crippen LogP contribution in [0, 0.1) is 0 Å². The predicted octanol–water partition coefficient (Wildman–Crippen LogP) is 3.84. The van der Waals surface area contributed by atoms with Crippen molar-refractivity contribution in [3.8, 4) is 45.6 Å². The van der Waals surface area contributed by atoms with Crippen molar-refractivity contribution in [2.24, 2.45) is 0 Å². The Hall–Kier alpha value is -3.87. The topological polar surface area (TPSA) is 98.3 Å². The highest BCUT2D eigenvalue weighted by atomic mass is 16.5. The molecule has 7 nitrogen and oxygen atoms in total. The molecule has 28 heavy (non-hydrogen) atoms. The molecule has 0 bridgehead atoms. The zero-order valence-electron chi connectivity index (χ0n) is 15.5. The Balaban J connectivity index is 1.78. The van der Waals surface area contributed by atoms with Crippen LogP contribution in [0.25, 0.3) is 28.3 Å². The van der Waals surface area contributed by atoms with Crippen molar-refractivity contribution in [1.82, 2.24) is 14.5 Å². The summed E-state index contributed by atoms with van der Waals surface area (Å²) in [7, 11) is 3.16. The van der Waals surface area contributed by atoms with Gasteiger partial charge >= 0.3 is 0 Å². The minimum Gasteiger partial charge on any atom is -0.505 e. The molecule has 2 aromatic carbocycles. The number of rotatable bonds is 5. The van der Waals surface area contributed by atoms with Gasteiger partial charge in [0.25, 0.3) is 0 Å². The van der Waals surface area contributed by atoms with E-state index in [1.54, 1.807) is 49.4 Å². The Kier molecular flexibility index (Phi) is 4.41. The SMILES string of the molecule is COc1cc(OC)cc(-n2cc(O)c(-c3ncc(-c4ccccc4)[nH]3)c2N)c1. The minimum atomic E-state index is 0.0215. The molecule has 0 unspecified atom stereocenters. The summed E-state index contributed by atoms with van der Waals surface area (Å²) in [6, 6.07) is 15.2. The van der Waals surface area contributed by atoms with Crippen LogP contribution in [0.4, 0.5) is 5.82 Å². The number of hydrogen-bond donors (Lipinski definition) is 3. The van der Waals surface area contributed by atoms with Crippen molar-refractivity contribution in [3.63, 3.8) is 0 Å². The summed E-state index contributed by atoms with van der Waals surface area (Å²) in [6.45, 7) is 0. The molecule has 0 radical (unpaired) electrons. The third kappa shape index (κ3) is 3.03. The van der Waals surface area contributed by atoms with Crippen LogP contribution in [0.1, 0.15) is 0 Å². The molecule has 0 aliphatic carbocycles. The van der Waals surface area contributed by atoms with Gasteiger partial charge in [0, 0.05) is 18.2 Å². The van der Waals surface area contributed by atoms with Gasteiger partial charge < -0.3 is 25.3 Å². The molecule has 4 aromatic rings. The molecule has 2 aromatic heterocycles. The van der Waals surface area contributed by atoms with E-state index in [-0.39, 0.29) is 5.75 Å². The molecule has 0 saturated heterocycles. The van der Waals surface area contributed by atoms with Crippen LogP contribution in [0.5, 0.6) is 17.2 Å². The van der Waals surface area contributed by atoms with E-state index in [1.807, 2.05) is 30.3 Å². The predicted molar refractivity (Wildman–Crippen MR) is 108 cm³/mol. The maximum atomic E-state index is 10.5. The number of nitrogens with one attached hydrogen (secondary N) is 1. The maximum Gasteiger partial charge on any atom is 0.146 e. The van der Waals surface area contributed by atoms with Crippen molar-refractivity contribution in [2.45, 2.75) is 0 Å². The minimum absolute atomic E-state index is 0.0215. The quantitative estimate of drug-likeness (QED) is 0.492. The van der Waals surface area contributed by atoms with Gasteiger partial charge in [-0.3, -0.25) is 4.57 Å². The number of H-pyrrole nitrogens is 1. The van der Waals surface area contributed by atoms with Gasteiger partial charge in [-0.2, -0.15) is 0 Å². The number of imidazole rings is 1. The first-order chi connectivity index (χ1) is 13.6. The molecule has 0 aliphatic rings. The van der Waals surface area contributed by atoms with E-state index < -0.39 is 0 Å².